The number of ether oxygens (including phenoxy) is 6. The van der Waals surface area contributed by atoms with E-state index in [0.717, 1.165) is 43.8 Å². The summed E-state index contributed by atoms with van der Waals surface area (Å²) in [5.74, 6) is 4.61. The van der Waals surface area contributed by atoms with Gasteiger partial charge in [-0.1, -0.05) is 144 Å². The van der Waals surface area contributed by atoms with Crippen molar-refractivity contribution in [2.45, 2.75) is 156 Å². The smallest absolute Gasteiger partial charge is 0.261 e. The largest absolute Gasteiger partial charge is 0.541 e. The van der Waals surface area contributed by atoms with Gasteiger partial charge in [-0.05, 0) is 81.9 Å². The van der Waals surface area contributed by atoms with Gasteiger partial charge >= 0.3 is 0 Å². The molecule has 0 N–H and O–H groups in total. The summed E-state index contributed by atoms with van der Waals surface area (Å²) in [6.07, 6.45) is 0. The highest BCUT2D eigenvalue weighted by Crippen LogP contribution is 2.58. The predicted octanol–water partition coefficient (Wildman–Crippen LogP) is 16.1. The molecule has 0 bridgehead atoms. The third-order valence-corrected chi connectivity index (χ3v) is 34.9. The minimum atomic E-state index is -3.10. The van der Waals surface area contributed by atoms with Crippen LogP contribution in [0.25, 0.3) is 32.7 Å². The van der Waals surface area contributed by atoms with Crippen LogP contribution in [0.2, 0.25) is 59.4 Å². The van der Waals surface area contributed by atoms with Crippen molar-refractivity contribution in [2.75, 3.05) is 42.7 Å². The minimum Gasteiger partial charge on any atom is -0.541 e. The van der Waals surface area contributed by atoms with E-state index in [9.17, 15) is 0 Å². The van der Waals surface area contributed by atoms with E-state index in [0.29, 0.717) is 46.0 Å². The summed E-state index contributed by atoms with van der Waals surface area (Å²) in [6.45, 7) is 41.1. The molecule has 0 unspecified atom stereocenters. The van der Waals surface area contributed by atoms with E-state index >= 15 is 0 Å². The second kappa shape index (κ2) is 22.0. The molecule has 6 aromatic carbocycles. The highest BCUT2D eigenvalue weighted by atomic mass is 28.4. The van der Waals surface area contributed by atoms with E-state index in [1.54, 1.807) is 42.7 Å². The molecule has 14 heteroatoms. The average Bonchev–Trinajstić information content (AvgIpc) is 3.33. The molecule has 0 fully saturated rings. The summed E-state index contributed by atoms with van der Waals surface area (Å²) in [5.41, 5.74) is 3.14. The zero-order chi connectivity index (χ0) is 56.8. The quantitative estimate of drug-likeness (QED) is 0.0730. The van der Waals surface area contributed by atoms with Crippen molar-refractivity contribution in [1.82, 2.24) is 0 Å². The molecule has 6 aromatic rings. The van der Waals surface area contributed by atoms with Crippen LogP contribution in [-0.2, 0) is 22.1 Å². The summed E-state index contributed by atoms with van der Waals surface area (Å²) in [5, 5.41) is 4.70. The van der Waals surface area contributed by atoms with Crippen LogP contribution in [0.15, 0.2) is 84.9 Å². The predicted molar refractivity (Wildman–Crippen MR) is 326 cm³/mol. The maximum atomic E-state index is 7.78. The Morgan fingerprint density at radius 1 is 0.355 bits per heavy atom. The topological polar surface area (TPSA) is 92.3 Å². The molecule has 0 aliphatic heterocycles. The third-order valence-electron chi connectivity index (χ3n) is 16.8. The first-order valence-corrected chi connectivity index (χ1v) is 37.2. The molecule has 0 saturated carbocycles. The molecule has 0 saturated heterocycles. The van der Waals surface area contributed by atoms with Crippen molar-refractivity contribution >= 4 is 65.2 Å². The molecule has 0 heterocycles. The zero-order valence-electron chi connectivity index (χ0n) is 50.6. The lowest BCUT2D eigenvalue weighted by Gasteiger charge is -2.43. The van der Waals surface area contributed by atoms with E-state index in [-0.39, 0.29) is 33.4 Å². The van der Waals surface area contributed by atoms with Crippen LogP contribution >= 0.6 is 0 Å². The van der Waals surface area contributed by atoms with Crippen LogP contribution in [0.3, 0.4) is 0 Å². The fourth-order valence-electron chi connectivity index (χ4n) is 9.32. The Hall–Kier alpha value is -4.97. The van der Waals surface area contributed by atoms with E-state index in [1.807, 2.05) is 12.1 Å². The summed E-state index contributed by atoms with van der Waals surface area (Å²) < 4.78 is 69.0. The lowest BCUT2D eigenvalue weighted by atomic mass is 9.89. The average molecular weight is 1110 g/mol. The van der Waals surface area contributed by atoms with E-state index < -0.39 is 33.3 Å². The Morgan fingerprint density at radius 3 is 0.974 bits per heavy atom. The van der Waals surface area contributed by atoms with E-state index in [2.05, 4.69) is 195 Å². The van der Waals surface area contributed by atoms with Gasteiger partial charge < -0.3 is 46.1 Å². The number of rotatable bonds is 19. The number of hydrogen-bond acceptors (Lipinski definition) is 10. The first-order valence-electron chi connectivity index (χ1n) is 26.6. The molecule has 10 nitrogen and oxygen atoms in total. The van der Waals surface area contributed by atoms with Crippen molar-refractivity contribution in [3.05, 3.63) is 96.1 Å². The summed E-state index contributed by atoms with van der Waals surface area (Å²) in [6, 6.07) is 29.7. The van der Waals surface area contributed by atoms with E-state index in [1.165, 1.54) is 10.4 Å². The molecule has 0 atom stereocenters. The summed E-state index contributed by atoms with van der Waals surface area (Å²) >= 11 is 0. The maximum Gasteiger partial charge on any atom is 0.261 e. The molecular formula is C62H90O10Si4. The van der Waals surface area contributed by atoms with Crippen LogP contribution < -0.4 is 47.6 Å². The van der Waals surface area contributed by atoms with Crippen LogP contribution in [0.4, 0.5) is 0 Å². The van der Waals surface area contributed by atoms with Crippen LogP contribution in [0.1, 0.15) is 94.2 Å². The monoisotopic (exact) mass is 1110 g/mol. The minimum absolute atomic E-state index is 0.0472. The van der Waals surface area contributed by atoms with Gasteiger partial charge in [-0.25, -0.2) is 0 Å². The lowest BCUT2D eigenvalue weighted by Crippen LogP contribution is -2.66. The van der Waals surface area contributed by atoms with Gasteiger partial charge in [0.05, 0.1) is 66.6 Å². The Bertz CT molecular complexity index is 2980. The van der Waals surface area contributed by atoms with Crippen molar-refractivity contribution in [1.29, 1.82) is 0 Å². The third kappa shape index (κ3) is 11.2. The fourth-order valence-corrected chi connectivity index (χ4v) is 16.8. The number of methoxy groups -OCH3 is 6. The van der Waals surface area contributed by atoms with Gasteiger partial charge in [0.1, 0.15) is 23.0 Å². The Morgan fingerprint density at radius 2 is 0.684 bits per heavy atom. The van der Waals surface area contributed by atoms with Crippen molar-refractivity contribution in [3.8, 4) is 57.1 Å². The van der Waals surface area contributed by atoms with Gasteiger partial charge in [0.2, 0.25) is 0 Å². The molecular weight excluding hydrogens is 1020 g/mol. The highest BCUT2D eigenvalue weighted by molar-refractivity contribution is 6.99. The first kappa shape index (κ1) is 60.3. The van der Waals surface area contributed by atoms with Crippen LogP contribution in [0, 0.1) is 0 Å². The fraction of sp³-hybridized carbons (Fsp3) is 0.484. The molecule has 0 aromatic heterocycles. The van der Waals surface area contributed by atoms with Crippen LogP contribution in [0.5, 0.6) is 46.0 Å². The molecule has 0 amide bonds. The van der Waals surface area contributed by atoms with E-state index in [4.69, 9.17) is 46.1 Å². The van der Waals surface area contributed by atoms with Gasteiger partial charge in [-0.3, -0.25) is 0 Å². The van der Waals surface area contributed by atoms with Gasteiger partial charge in [-0.15, -0.1) is 0 Å². The molecule has 414 valence electrons. The van der Waals surface area contributed by atoms with Gasteiger partial charge in [0.25, 0.3) is 25.0 Å². The van der Waals surface area contributed by atoms with Gasteiger partial charge in [0.15, 0.2) is 31.3 Å². The van der Waals surface area contributed by atoms with Crippen LogP contribution in [-0.4, -0.2) is 75.9 Å². The summed E-state index contributed by atoms with van der Waals surface area (Å²) in [7, 11) is -0.425. The maximum absolute atomic E-state index is 7.78. The highest BCUT2D eigenvalue weighted by Gasteiger charge is 2.51. The van der Waals surface area contributed by atoms with Crippen molar-refractivity contribution < 1.29 is 46.1 Å². The summed E-state index contributed by atoms with van der Waals surface area (Å²) in [4.78, 5) is 0. The molecule has 0 radical (unpaired) electrons. The SMILES string of the molecule is COc1cc(OC)c2c(O[Si](C)(C)C(C)(C)C)c(OC)c(CO[Si](C)(C)C(C)(C)C)cc2c1-c1c(OC)cc(OC)c2c(O[Si](C)(C)C(C)(C)C)c(OC)c(CO[Si](c3ccccc3)(c3ccccc3)C(C)(C)C)cc12. The van der Waals surface area contributed by atoms with Crippen molar-refractivity contribution in [2.24, 2.45) is 0 Å². The standard InChI is InChI=1S/C62H90O10Si4/c1-59(2,3)73(19,20)69-39-41-35-45-51(47(63-13)37-49(65-15)53(45)57(55(41)67-17)71-74(21,22)60(4,5)6)52-46-36-42(40-70-76(62(10,11)12,43-31-27-25-28-32-43)44-33-29-26-30-34-44)56(68-18)58(72-75(23,24)61(7,8)9)54(46)50(66-16)38-48(52)64-14/h25-38H,39-40H2,1-24H3. The number of fused-ring (bicyclic) bond motifs is 2. The zero-order valence-corrected chi connectivity index (χ0v) is 54.6. The van der Waals surface area contributed by atoms with Gasteiger partial charge in [-0.2, -0.15) is 0 Å². The Labute approximate surface area is 460 Å². The molecule has 6 rings (SSSR count). The number of benzene rings is 6. The first-order chi connectivity index (χ1) is 35.2. The lowest BCUT2D eigenvalue weighted by molar-refractivity contribution is 0.268. The Balaban J connectivity index is 1.88. The Kier molecular flexibility index (Phi) is 17.5. The molecule has 0 spiro atoms. The van der Waals surface area contributed by atoms with Crippen molar-refractivity contribution in [3.63, 3.8) is 0 Å². The second-order valence-corrected chi connectivity index (χ2v) is 44.2. The van der Waals surface area contributed by atoms with Gasteiger partial charge in [0, 0.05) is 45.2 Å². The molecule has 76 heavy (non-hydrogen) atoms. The molecule has 0 aliphatic rings. The number of hydrogen-bond donors (Lipinski definition) is 0. The second-order valence-electron chi connectivity index (χ2n) is 25.7. The molecule has 0 aliphatic carbocycles. The normalized spacial score (nSPS) is 13.2.